The molecule has 0 aliphatic rings. The van der Waals surface area contributed by atoms with E-state index in [9.17, 15) is 0 Å². The van der Waals surface area contributed by atoms with Crippen LogP contribution in [0.2, 0.25) is 10.0 Å². The number of nitrogen functional groups attached to an aromatic ring is 1. The minimum absolute atomic E-state index is 0.278. The van der Waals surface area contributed by atoms with Gasteiger partial charge in [0, 0.05) is 11.6 Å². The van der Waals surface area contributed by atoms with Crippen LogP contribution in [0.1, 0.15) is 0 Å². The summed E-state index contributed by atoms with van der Waals surface area (Å²) in [5.41, 5.74) is 5.59. The lowest BCUT2D eigenvalue weighted by Gasteiger charge is -2.03. The lowest BCUT2D eigenvalue weighted by Crippen LogP contribution is -1.93. The van der Waals surface area contributed by atoms with Gasteiger partial charge in [0.15, 0.2) is 4.34 Å². The van der Waals surface area contributed by atoms with Crippen molar-refractivity contribution in [2.75, 3.05) is 5.73 Å². The maximum Gasteiger partial charge on any atom is 0.156 e. The zero-order chi connectivity index (χ0) is 10.8. The summed E-state index contributed by atoms with van der Waals surface area (Å²) in [4.78, 5) is 8.20. The monoisotopic (exact) mass is 277 g/mol. The molecule has 2 heterocycles. The largest absolute Gasteiger partial charge is 0.382 e. The van der Waals surface area contributed by atoms with Crippen LogP contribution in [0, 0.1) is 0 Å². The number of halogens is 2. The summed E-state index contributed by atoms with van der Waals surface area (Å²) < 4.78 is 0.867. The molecule has 2 aromatic heterocycles. The van der Waals surface area contributed by atoms with Gasteiger partial charge in [-0.15, -0.1) is 11.3 Å². The van der Waals surface area contributed by atoms with E-state index in [1.807, 2.05) is 5.38 Å². The van der Waals surface area contributed by atoms with Gasteiger partial charge in [0.2, 0.25) is 0 Å². The highest BCUT2D eigenvalue weighted by Gasteiger charge is 2.09. The molecule has 0 radical (unpaired) electrons. The maximum atomic E-state index is 5.97. The van der Waals surface area contributed by atoms with Crippen molar-refractivity contribution < 1.29 is 0 Å². The van der Waals surface area contributed by atoms with E-state index >= 15 is 0 Å². The average molecular weight is 278 g/mol. The molecule has 0 aliphatic heterocycles. The Morgan fingerprint density at radius 3 is 2.80 bits per heavy atom. The van der Waals surface area contributed by atoms with E-state index in [2.05, 4.69) is 9.97 Å². The third-order valence-electron chi connectivity index (χ3n) is 1.52. The fourth-order valence-corrected chi connectivity index (χ4v) is 2.89. The quantitative estimate of drug-likeness (QED) is 0.912. The number of hydrogen-bond acceptors (Lipinski definition) is 5. The van der Waals surface area contributed by atoms with Crippen LogP contribution >= 0.6 is 46.3 Å². The number of hydrogen-bond donors (Lipinski definition) is 1. The molecule has 0 amide bonds. The summed E-state index contributed by atoms with van der Waals surface area (Å²) >= 11 is 14.6. The number of pyridine rings is 1. The van der Waals surface area contributed by atoms with Crippen molar-refractivity contribution in [2.45, 2.75) is 9.37 Å². The van der Waals surface area contributed by atoms with E-state index in [0.717, 1.165) is 4.34 Å². The van der Waals surface area contributed by atoms with Gasteiger partial charge in [-0.3, -0.25) is 0 Å². The van der Waals surface area contributed by atoms with Gasteiger partial charge in [-0.2, -0.15) is 0 Å². The molecular weight excluding hydrogens is 273 g/mol. The molecule has 15 heavy (non-hydrogen) atoms. The van der Waals surface area contributed by atoms with Crippen LogP contribution < -0.4 is 5.73 Å². The van der Waals surface area contributed by atoms with E-state index in [-0.39, 0.29) is 5.82 Å². The lowest BCUT2D eigenvalue weighted by atomic mass is 10.5. The molecule has 2 rings (SSSR count). The molecule has 0 aliphatic carbocycles. The molecule has 0 atom stereocenters. The van der Waals surface area contributed by atoms with Crippen LogP contribution in [0.5, 0.6) is 0 Å². The van der Waals surface area contributed by atoms with Crippen molar-refractivity contribution in [3.8, 4) is 0 Å². The predicted octanol–water partition coefficient (Wildman–Crippen LogP) is 3.58. The van der Waals surface area contributed by atoms with Gasteiger partial charge in [0.05, 0.1) is 10.0 Å². The first-order valence-corrected chi connectivity index (χ1v) is 6.31. The van der Waals surface area contributed by atoms with Crippen LogP contribution in [0.25, 0.3) is 0 Å². The average Bonchev–Trinajstić information content (AvgIpc) is 2.67. The number of nitrogens with zero attached hydrogens (tertiary/aromatic N) is 2. The first-order chi connectivity index (χ1) is 7.16. The van der Waals surface area contributed by atoms with Crippen molar-refractivity contribution in [2.24, 2.45) is 0 Å². The normalized spacial score (nSPS) is 10.5. The zero-order valence-corrected chi connectivity index (χ0v) is 10.4. The van der Waals surface area contributed by atoms with E-state index in [1.165, 1.54) is 23.1 Å². The van der Waals surface area contributed by atoms with Gasteiger partial charge >= 0.3 is 0 Å². The molecule has 0 aromatic carbocycles. The number of anilines is 1. The second kappa shape index (κ2) is 4.57. The molecule has 7 heteroatoms. The second-order valence-electron chi connectivity index (χ2n) is 2.54. The molecule has 0 bridgehead atoms. The molecular formula is C8H5Cl2N3S2. The molecule has 0 fully saturated rings. The van der Waals surface area contributed by atoms with Crippen LogP contribution in [-0.2, 0) is 0 Å². The van der Waals surface area contributed by atoms with Gasteiger partial charge in [-0.05, 0) is 17.8 Å². The molecule has 0 saturated carbocycles. The molecule has 2 aromatic rings. The maximum absolute atomic E-state index is 5.97. The Morgan fingerprint density at radius 2 is 2.13 bits per heavy atom. The summed E-state index contributed by atoms with van der Waals surface area (Å²) in [6, 6.07) is 1.58. The third kappa shape index (κ3) is 2.55. The van der Waals surface area contributed by atoms with Gasteiger partial charge < -0.3 is 5.73 Å². The van der Waals surface area contributed by atoms with Crippen LogP contribution in [-0.4, -0.2) is 9.97 Å². The minimum Gasteiger partial charge on any atom is -0.382 e. The van der Waals surface area contributed by atoms with E-state index in [0.29, 0.717) is 15.1 Å². The van der Waals surface area contributed by atoms with Crippen molar-refractivity contribution in [3.05, 3.63) is 27.7 Å². The molecule has 3 nitrogen and oxygen atoms in total. The highest BCUT2D eigenvalue weighted by Crippen LogP contribution is 2.35. The summed E-state index contributed by atoms with van der Waals surface area (Å²) in [5.74, 6) is 0.278. The Hall–Kier alpha value is -0.490. The smallest absolute Gasteiger partial charge is 0.156 e. The Bertz CT molecular complexity index is 473. The Kier molecular flexibility index (Phi) is 3.35. The van der Waals surface area contributed by atoms with Crippen molar-refractivity contribution in [1.29, 1.82) is 0 Å². The van der Waals surface area contributed by atoms with Gasteiger partial charge in [-0.1, -0.05) is 23.2 Å². The Balaban J connectivity index is 2.33. The molecule has 78 valence electrons. The van der Waals surface area contributed by atoms with E-state index in [4.69, 9.17) is 28.9 Å². The van der Waals surface area contributed by atoms with Crippen molar-refractivity contribution in [3.63, 3.8) is 0 Å². The van der Waals surface area contributed by atoms with Crippen molar-refractivity contribution >= 4 is 52.1 Å². The topological polar surface area (TPSA) is 51.8 Å². The highest BCUT2D eigenvalue weighted by atomic mass is 35.5. The van der Waals surface area contributed by atoms with E-state index in [1.54, 1.807) is 12.3 Å². The molecule has 0 spiro atoms. The standard InChI is InChI=1S/C8H5Cl2N3S2/c9-4-3-5(10)7(13-6(4)11)15-8-12-1-2-14-8/h1-3H,(H2,11,13). The van der Waals surface area contributed by atoms with E-state index < -0.39 is 0 Å². The summed E-state index contributed by atoms with van der Waals surface area (Å²) in [6.45, 7) is 0. The Morgan fingerprint density at radius 1 is 1.33 bits per heavy atom. The molecule has 2 N–H and O–H groups in total. The van der Waals surface area contributed by atoms with Crippen LogP contribution in [0.4, 0.5) is 5.82 Å². The zero-order valence-electron chi connectivity index (χ0n) is 7.28. The summed E-state index contributed by atoms with van der Waals surface area (Å²) in [6.07, 6.45) is 1.72. The first-order valence-electron chi connectivity index (χ1n) is 3.85. The SMILES string of the molecule is Nc1nc(Sc2nccs2)c(Cl)cc1Cl. The number of thiazole rings is 1. The minimum atomic E-state index is 0.278. The molecule has 0 saturated heterocycles. The van der Waals surface area contributed by atoms with Gasteiger partial charge in [0.1, 0.15) is 10.8 Å². The predicted molar refractivity (Wildman–Crippen MR) is 64.9 cm³/mol. The third-order valence-corrected chi connectivity index (χ3v) is 4.11. The first kappa shape index (κ1) is 11.0. The number of rotatable bonds is 2. The van der Waals surface area contributed by atoms with Gasteiger partial charge in [-0.25, -0.2) is 9.97 Å². The fourth-order valence-electron chi connectivity index (χ4n) is 0.878. The summed E-state index contributed by atoms with van der Waals surface area (Å²) in [7, 11) is 0. The Labute approximate surface area is 105 Å². The van der Waals surface area contributed by atoms with Crippen LogP contribution in [0.3, 0.4) is 0 Å². The molecule has 0 unspecified atom stereocenters. The summed E-state index contributed by atoms with van der Waals surface area (Å²) in [5, 5.41) is 3.35. The van der Waals surface area contributed by atoms with Crippen molar-refractivity contribution in [1.82, 2.24) is 9.97 Å². The lowest BCUT2D eigenvalue weighted by molar-refractivity contribution is 1.13. The second-order valence-corrected chi connectivity index (χ2v) is 5.49. The number of aromatic nitrogens is 2. The highest BCUT2D eigenvalue weighted by molar-refractivity contribution is 8.01. The van der Waals surface area contributed by atoms with Gasteiger partial charge in [0.25, 0.3) is 0 Å². The number of nitrogens with two attached hydrogens (primary N) is 1. The van der Waals surface area contributed by atoms with Crippen LogP contribution in [0.15, 0.2) is 27.0 Å². The fraction of sp³-hybridized carbons (Fsp3) is 0.